The molecule has 0 unspecified atom stereocenters. The summed E-state index contributed by atoms with van der Waals surface area (Å²) in [6.45, 7) is 0.195. The SMILES string of the molecule is O=C(C=CNc1ccc(Cl)cc1)c1ccc2c(c1)OCO2. The number of benzene rings is 2. The number of fused-ring (bicyclic) bond motifs is 1. The van der Waals surface area contributed by atoms with Crippen LogP contribution in [0, 0.1) is 0 Å². The fourth-order valence-electron chi connectivity index (χ4n) is 1.91. The van der Waals surface area contributed by atoms with Crippen LogP contribution in [0.5, 0.6) is 11.5 Å². The Morgan fingerprint density at radius 2 is 1.86 bits per heavy atom. The monoisotopic (exact) mass is 301 g/mol. The predicted molar refractivity (Wildman–Crippen MR) is 81.1 cm³/mol. The third-order valence-corrected chi connectivity index (χ3v) is 3.24. The number of anilines is 1. The molecule has 0 spiro atoms. The summed E-state index contributed by atoms with van der Waals surface area (Å²) in [5.74, 6) is 1.14. The van der Waals surface area contributed by atoms with Gasteiger partial charge in [-0.05, 0) is 42.5 Å². The number of halogens is 1. The van der Waals surface area contributed by atoms with Crippen molar-refractivity contribution in [3.8, 4) is 11.5 Å². The van der Waals surface area contributed by atoms with E-state index in [-0.39, 0.29) is 12.6 Å². The molecule has 1 aliphatic rings. The van der Waals surface area contributed by atoms with Crippen LogP contribution in [0.3, 0.4) is 0 Å². The second-order valence-corrected chi connectivity index (χ2v) is 4.85. The highest BCUT2D eigenvalue weighted by Crippen LogP contribution is 2.32. The summed E-state index contributed by atoms with van der Waals surface area (Å²) in [5, 5.41) is 3.68. The molecule has 5 heteroatoms. The Balaban J connectivity index is 1.65. The van der Waals surface area contributed by atoms with Crippen molar-refractivity contribution in [2.75, 3.05) is 12.1 Å². The number of rotatable bonds is 4. The van der Waals surface area contributed by atoms with Crippen LogP contribution in [0.1, 0.15) is 10.4 Å². The second-order valence-electron chi connectivity index (χ2n) is 4.42. The molecule has 1 heterocycles. The molecule has 0 saturated heterocycles. The molecule has 0 atom stereocenters. The van der Waals surface area contributed by atoms with Crippen LogP contribution >= 0.6 is 11.6 Å². The van der Waals surface area contributed by atoms with Crippen molar-refractivity contribution in [3.63, 3.8) is 0 Å². The van der Waals surface area contributed by atoms with E-state index in [9.17, 15) is 4.79 Å². The van der Waals surface area contributed by atoms with Crippen molar-refractivity contribution in [3.05, 3.63) is 65.3 Å². The minimum absolute atomic E-state index is 0.116. The van der Waals surface area contributed by atoms with Gasteiger partial charge >= 0.3 is 0 Å². The topological polar surface area (TPSA) is 47.6 Å². The summed E-state index contributed by atoms with van der Waals surface area (Å²) in [6.07, 6.45) is 3.06. The van der Waals surface area contributed by atoms with E-state index in [1.165, 1.54) is 6.08 Å². The van der Waals surface area contributed by atoms with Crippen LogP contribution in [0.15, 0.2) is 54.7 Å². The number of hydrogen-bond donors (Lipinski definition) is 1. The maximum absolute atomic E-state index is 12.0. The average Bonchev–Trinajstić information content (AvgIpc) is 2.96. The van der Waals surface area contributed by atoms with Gasteiger partial charge in [0, 0.05) is 28.5 Å². The molecule has 4 nitrogen and oxygen atoms in total. The van der Waals surface area contributed by atoms with E-state index in [0.717, 1.165) is 5.69 Å². The van der Waals surface area contributed by atoms with Crippen molar-refractivity contribution < 1.29 is 14.3 Å². The summed E-state index contributed by atoms with van der Waals surface area (Å²) in [7, 11) is 0. The molecule has 0 radical (unpaired) electrons. The second kappa shape index (κ2) is 5.89. The Morgan fingerprint density at radius 3 is 2.67 bits per heavy atom. The Hall–Kier alpha value is -2.46. The lowest BCUT2D eigenvalue weighted by Crippen LogP contribution is -1.96. The van der Waals surface area contributed by atoms with Crippen molar-refractivity contribution in [2.24, 2.45) is 0 Å². The molecule has 21 heavy (non-hydrogen) atoms. The third kappa shape index (κ3) is 3.17. The highest BCUT2D eigenvalue weighted by molar-refractivity contribution is 6.30. The fraction of sp³-hybridized carbons (Fsp3) is 0.0625. The van der Waals surface area contributed by atoms with Crippen LogP contribution in [0.25, 0.3) is 0 Å². The van der Waals surface area contributed by atoms with E-state index in [0.29, 0.717) is 22.1 Å². The molecule has 0 amide bonds. The molecule has 0 aliphatic carbocycles. The van der Waals surface area contributed by atoms with Gasteiger partial charge in [0.25, 0.3) is 0 Å². The zero-order chi connectivity index (χ0) is 14.7. The molecule has 0 saturated carbocycles. The van der Waals surface area contributed by atoms with E-state index in [2.05, 4.69) is 5.32 Å². The molecule has 0 fully saturated rings. The van der Waals surface area contributed by atoms with Crippen LogP contribution in [-0.2, 0) is 0 Å². The molecule has 0 bridgehead atoms. The highest BCUT2D eigenvalue weighted by Gasteiger charge is 2.14. The number of ether oxygens (including phenoxy) is 2. The number of carbonyl (C=O) groups is 1. The Morgan fingerprint density at radius 1 is 1.10 bits per heavy atom. The standard InChI is InChI=1S/C16H12ClNO3/c17-12-2-4-13(5-3-12)18-8-7-14(19)11-1-6-15-16(9-11)21-10-20-15/h1-9,18H,10H2. The van der Waals surface area contributed by atoms with E-state index >= 15 is 0 Å². The van der Waals surface area contributed by atoms with Crippen molar-refractivity contribution in [1.82, 2.24) is 0 Å². The number of hydrogen-bond acceptors (Lipinski definition) is 4. The van der Waals surface area contributed by atoms with E-state index < -0.39 is 0 Å². The van der Waals surface area contributed by atoms with Crippen molar-refractivity contribution in [2.45, 2.75) is 0 Å². The van der Waals surface area contributed by atoms with Gasteiger partial charge in [0.05, 0.1) is 0 Å². The van der Waals surface area contributed by atoms with Gasteiger partial charge in [-0.2, -0.15) is 0 Å². The van der Waals surface area contributed by atoms with E-state index in [4.69, 9.17) is 21.1 Å². The van der Waals surface area contributed by atoms with Crippen LogP contribution in [0.4, 0.5) is 5.69 Å². The normalized spacial score (nSPS) is 12.6. The summed E-state index contributed by atoms with van der Waals surface area (Å²) in [4.78, 5) is 12.0. The third-order valence-electron chi connectivity index (χ3n) is 2.99. The van der Waals surface area contributed by atoms with Gasteiger partial charge in [0.1, 0.15) is 0 Å². The van der Waals surface area contributed by atoms with Gasteiger partial charge in [0.15, 0.2) is 17.3 Å². The first-order valence-corrected chi connectivity index (χ1v) is 6.73. The first kappa shape index (κ1) is 13.5. The largest absolute Gasteiger partial charge is 0.454 e. The van der Waals surface area contributed by atoms with Gasteiger partial charge in [0.2, 0.25) is 6.79 Å². The number of carbonyl (C=O) groups excluding carboxylic acids is 1. The van der Waals surface area contributed by atoms with Crippen LogP contribution < -0.4 is 14.8 Å². The zero-order valence-electron chi connectivity index (χ0n) is 11.0. The van der Waals surface area contributed by atoms with Gasteiger partial charge in [-0.25, -0.2) is 0 Å². The molecule has 3 rings (SSSR count). The summed E-state index contributed by atoms with van der Waals surface area (Å²) >= 11 is 5.80. The van der Waals surface area contributed by atoms with Crippen molar-refractivity contribution >= 4 is 23.1 Å². The molecule has 2 aromatic carbocycles. The molecular weight excluding hydrogens is 290 g/mol. The lowest BCUT2D eigenvalue weighted by Gasteiger charge is -2.01. The number of nitrogens with one attached hydrogen (secondary N) is 1. The van der Waals surface area contributed by atoms with Crippen LogP contribution in [-0.4, -0.2) is 12.6 Å². The average molecular weight is 302 g/mol. The molecule has 1 N–H and O–H groups in total. The lowest BCUT2D eigenvalue weighted by molar-refractivity contribution is 0.104. The molecule has 0 aromatic heterocycles. The summed E-state index contributed by atoms with van der Waals surface area (Å²) < 4.78 is 10.5. The summed E-state index contributed by atoms with van der Waals surface area (Å²) in [6, 6.07) is 12.3. The summed E-state index contributed by atoms with van der Waals surface area (Å²) in [5.41, 5.74) is 1.41. The first-order chi connectivity index (χ1) is 10.2. The quantitative estimate of drug-likeness (QED) is 0.688. The van der Waals surface area contributed by atoms with Gasteiger partial charge in [-0.3, -0.25) is 4.79 Å². The maximum atomic E-state index is 12.0. The predicted octanol–water partition coefficient (Wildman–Crippen LogP) is 3.88. The minimum Gasteiger partial charge on any atom is -0.454 e. The molecule has 1 aliphatic heterocycles. The van der Waals surface area contributed by atoms with E-state index in [1.54, 1.807) is 36.5 Å². The molecule has 106 valence electrons. The minimum atomic E-state index is -0.116. The maximum Gasteiger partial charge on any atom is 0.231 e. The molecule has 2 aromatic rings. The van der Waals surface area contributed by atoms with Crippen LogP contribution in [0.2, 0.25) is 5.02 Å². The highest BCUT2D eigenvalue weighted by atomic mass is 35.5. The fourth-order valence-corrected chi connectivity index (χ4v) is 2.03. The Kier molecular flexibility index (Phi) is 3.79. The Labute approximate surface area is 126 Å². The van der Waals surface area contributed by atoms with Crippen molar-refractivity contribution in [1.29, 1.82) is 0 Å². The van der Waals surface area contributed by atoms with Gasteiger partial charge in [-0.15, -0.1) is 0 Å². The number of ketones is 1. The smallest absolute Gasteiger partial charge is 0.231 e. The lowest BCUT2D eigenvalue weighted by atomic mass is 10.1. The number of allylic oxidation sites excluding steroid dienone is 1. The molecular formula is C16H12ClNO3. The van der Waals surface area contributed by atoms with Gasteiger partial charge in [-0.1, -0.05) is 11.6 Å². The first-order valence-electron chi connectivity index (χ1n) is 6.35. The zero-order valence-corrected chi connectivity index (χ0v) is 11.8. The van der Waals surface area contributed by atoms with E-state index in [1.807, 2.05) is 12.1 Å². The Bertz CT molecular complexity index is 695. The van der Waals surface area contributed by atoms with Gasteiger partial charge < -0.3 is 14.8 Å².